The van der Waals surface area contributed by atoms with Gasteiger partial charge in [0.25, 0.3) is 0 Å². The fraction of sp³-hybridized carbons (Fsp3) is 0.778. The first-order chi connectivity index (χ1) is 6.93. The quantitative estimate of drug-likeness (QED) is 0.407. The van der Waals surface area contributed by atoms with E-state index in [1.165, 1.54) is 36.5 Å². The normalized spacial score (nSPS) is 18.7. The summed E-state index contributed by atoms with van der Waals surface area (Å²) in [5.74, 6) is 4.37. The highest BCUT2D eigenvalue weighted by atomic mass is 35.7. The first-order valence-corrected chi connectivity index (χ1v) is 7.77. The predicted molar refractivity (Wildman–Crippen MR) is 50.6 cm³/mol. The lowest BCUT2D eigenvalue weighted by molar-refractivity contribution is -2.00. The van der Waals surface area contributed by atoms with E-state index in [9.17, 15) is 0 Å². The first kappa shape index (κ1) is 15.2. The molecule has 4 nitrogen and oxygen atoms in total. The number of rotatable bonds is 2. The first-order valence-electron chi connectivity index (χ1n) is 4.80. The third-order valence-corrected chi connectivity index (χ3v) is 4.33. The van der Waals surface area contributed by atoms with Crippen LogP contribution < -0.4 is 18.6 Å². The van der Waals surface area contributed by atoms with E-state index >= 15 is 0 Å². The van der Waals surface area contributed by atoms with Crippen molar-refractivity contribution in [1.82, 2.24) is 0 Å². The minimum atomic E-state index is -4.94. The van der Waals surface area contributed by atoms with Crippen LogP contribution in [-0.2, 0) is 10.9 Å². The zero-order chi connectivity index (χ0) is 11.7. The fourth-order valence-electron chi connectivity index (χ4n) is 1.29. The fourth-order valence-corrected chi connectivity index (χ4v) is 3.52. The van der Waals surface area contributed by atoms with Gasteiger partial charge in [0.2, 0.25) is 0 Å². The lowest BCUT2D eigenvalue weighted by Crippen LogP contribution is -2.68. The molecule has 0 aromatic heterocycles. The Balaban J connectivity index is 0.000000336. The highest BCUT2D eigenvalue weighted by Crippen LogP contribution is 2.13. The molecule has 90 valence electrons. The highest BCUT2D eigenvalue weighted by Gasteiger charge is 2.19. The second-order valence-electron chi connectivity index (χ2n) is 3.19. The van der Waals surface area contributed by atoms with E-state index in [2.05, 4.69) is 19.1 Å². The average molecular weight is 257 g/mol. The van der Waals surface area contributed by atoms with Crippen LogP contribution in [0, 0.1) is 10.2 Å². The van der Waals surface area contributed by atoms with E-state index in [0.717, 1.165) is 10.9 Å². The molecular formula is C9H17ClO4S. The van der Waals surface area contributed by atoms with Crippen LogP contribution in [0.2, 0.25) is 0 Å². The summed E-state index contributed by atoms with van der Waals surface area (Å²) in [7, 11) is -4.18. The van der Waals surface area contributed by atoms with E-state index in [1.54, 1.807) is 0 Å². The molecule has 1 heterocycles. The molecule has 0 bridgehead atoms. The second-order valence-corrected chi connectivity index (χ2v) is 6.33. The molecule has 1 rings (SSSR count). The predicted octanol–water partition coefficient (Wildman–Crippen LogP) is -2.39. The van der Waals surface area contributed by atoms with E-state index < -0.39 is 10.2 Å². The standard InChI is InChI=1S/C9H17S.ClHO4/c1-2-3-7-10-8-5-4-6-9-10;2-1(3,4)5/h2-3H,4-9H2,1H3;(H,2,3,4,5)/q+1;/p-1. The maximum Gasteiger partial charge on any atom is 0.126 e. The minimum Gasteiger partial charge on any atom is -0.222 e. The summed E-state index contributed by atoms with van der Waals surface area (Å²) in [6.45, 7) is 2.12. The van der Waals surface area contributed by atoms with Crippen molar-refractivity contribution in [2.45, 2.75) is 26.2 Å². The van der Waals surface area contributed by atoms with Gasteiger partial charge in [-0.25, -0.2) is 18.6 Å². The zero-order valence-corrected chi connectivity index (χ0v) is 10.4. The third-order valence-electron chi connectivity index (χ3n) is 1.93. The molecule has 0 amide bonds. The van der Waals surface area contributed by atoms with Gasteiger partial charge in [0.05, 0.1) is 0 Å². The van der Waals surface area contributed by atoms with Crippen LogP contribution >= 0.6 is 0 Å². The Bertz CT molecular complexity index is 169. The molecule has 0 aliphatic carbocycles. The molecule has 1 saturated heterocycles. The summed E-state index contributed by atoms with van der Waals surface area (Å²) in [4.78, 5) is 0. The molecular weight excluding hydrogens is 240 g/mol. The van der Waals surface area contributed by atoms with Crippen molar-refractivity contribution in [2.24, 2.45) is 0 Å². The number of halogens is 1. The SMILES string of the molecule is CC=CC[S+]1CCCCC1.[O-][Cl+3]([O-])([O-])[O-]. The maximum atomic E-state index is 8.49. The Hall–Kier alpha value is 0.220. The number of allylic oxidation sites excluding steroid dienone is 1. The Kier molecular flexibility index (Phi) is 8.50. The van der Waals surface area contributed by atoms with Gasteiger partial charge in [-0.3, -0.25) is 0 Å². The Morgan fingerprint density at radius 1 is 1.07 bits per heavy atom. The number of hydrogen-bond donors (Lipinski definition) is 0. The van der Waals surface area contributed by atoms with E-state index in [4.69, 9.17) is 18.6 Å². The summed E-state index contributed by atoms with van der Waals surface area (Å²) >= 11 is 0. The van der Waals surface area contributed by atoms with Crippen molar-refractivity contribution < 1.29 is 28.9 Å². The molecule has 1 aliphatic rings. The summed E-state index contributed by atoms with van der Waals surface area (Å²) < 4.78 is 34.0. The van der Waals surface area contributed by atoms with Gasteiger partial charge in [-0.2, -0.15) is 0 Å². The Morgan fingerprint density at radius 3 is 1.93 bits per heavy atom. The summed E-state index contributed by atoms with van der Waals surface area (Å²) in [5, 5.41) is 0. The maximum absolute atomic E-state index is 8.49. The van der Waals surface area contributed by atoms with Crippen LogP contribution in [0.15, 0.2) is 12.2 Å². The van der Waals surface area contributed by atoms with Crippen LogP contribution in [-0.4, -0.2) is 17.3 Å². The number of hydrogen-bond acceptors (Lipinski definition) is 4. The van der Waals surface area contributed by atoms with Gasteiger partial charge < -0.3 is 0 Å². The van der Waals surface area contributed by atoms with Crippen molar-refractivity contribution in [2.75, 3.05) is 17.3 Å². The van der Waals surface area contributed by atoms with Crippen LogP contribution in [0.3, 0.4) is 0 Å². The third kappa shape index (κ3) is 14.2. The summed E-state index contributed by atoms with van der Waals surface area (Å²) in [6.07, 6.45) is 8.97. The lowest BCUT2D eigenvalue weighted by atomic mass is 10.3. The van der Waals surface area contributed by atoms with Crippen LogP contribution in [0.25, 0.3) is 0 Å². The molecule has 6 heteroatoms. The van der Waals surface area contributed by atoms with Crippen molar-refractivity contribution >= 4 is 10.9 Å². The van der Waals surface area contributed by atoms with Crippen LogP contribution in [0.5, 0.6) is 0 Å². The minimum absolute atomic E-state index is 0.769. The van der Waals surface area contributed by atoms with Gasteiger partial charge in [0, 0.05) is 0 Å². The molecule has 1 fully saturated rings. The molecule has 0 N–H and O–H groups in total. The molecule has 0 saturated carbocycles. The molecule has 0 radical (unpaired) electrons. The van der Waals surface area contributed by atoms with E-state index in [0.29, 0.717) is 0 Å². The monoisotopic (exact) mass is 256 g/mol. The lowest BCUT2D eigenvalue weighted by Gasteiger charge is -2.17. The van der Waals surface area contributed by atoms with E-state index in [1.807, 2.05) is 0 Å². The van der Waals surface area contributed by atoms with E-state index in [-0.39, 0.29) is 0 Å². The average Bonchev–Trinajstić information content (AvgIpc) is 2.14. The van der Waals surface area contributed by atoms with Crippen LogP contribution in [0.4, 0.5) is 0 Å². The Labute approximate surface area is 95.7 Å². The molecule has 1 aliphatic heterocycles. The molecule has 0 spiro atoms. The Morgan fingerprint density at radius 2 is 1.53 bits per heavy atom. The van der Waals surface area contributed by atoms with Gasteiger partial charge in [-0.1, -0.05) is 6.08 Å². The van der Waals surface area contributed by atoms with Gasteiger partial charge >= 0.3 is 0 Å². The molecule has 0 aromatic rings. The van der Waals surface area contributed by atoms with Gasteiger partial charge in [0.15, 0.2) is 0 Å². The summed E-state index contributed by atoms with van der Waals surface area (Å²) in [6, 6.07) is 0. The van der Waals surface area contributed by atoms with Crippen molar-refractivity contribution in [3.63, 3.8) is 0 Å². The van der Waals surface area contributed by atoms with Crippen molar-refractivity contribution in [3.8, 4) is 0 Å². The zero-order valence-electron chi connectivity index (χ0n) is 8.82. The van der Waals surface area contributed by atoms with Gasteiger partial charge in [-0.15, -0.1) is 10.2 Å². The largest absolute Gasteiger partial charge is 0.222 e. The summed E-state index contributed by atoms with van der Waals surface area (Å²) in [5.41, 5.74) is 0. The molecule has 0 aromatic carbocycles. The molecule has 0 unspecified atom stereocenters. The van der Waals surface area contributed by atoms with Crippen molar-refractivity contribution in [3.05, 3.63) is 12.2 Å². The molecule has 0 atom stereocenters. The highest BCUT2D eigenvalue weighted by molar-refractivity contribution is 7.97. The smallest absolute Gasteiger partial charge is 0.126 e. The van der Waals surface area contributed by atoms with Crippen LogP contribution in [0.1, 0.15) is 26.2 Å². The van der Waals surface area contributed by atoms with Gasteiger partial charge in [-0.05, 0) is 43.2 Å². The second kappa shape index (κ2) is 8.38. The topological polar surface area (TPSA) is 92.2 Å². The van der Waals surface area contributed by atoms with Gasteiger partial charge in [0.1, 0.15) is 17.3 Å². The van der Waals surface area contributed by atoms with Crippen molar-refractivity contribution in [1.29, 1.82) is 0 Å². The molecule has 15 heavy (non-hydrogen) atoms.